The SMILES string of the molecule is CCOC(=O)Cc1csc(NC(=O)CSc2nnc(C(C)Oc3ccc(Cl)cc3Cl)n2C)n1. The van der Waals surface area contributed by atoms with Gasteiger partial charge in [-0.05, 0) is 32.0 Å². The fraction of sp³-hybridized carbons (Fsp3) is 0.350. The van der Waals surface area contributed by atoms with Crippen LogP contribution in [0.5, 0.6) is 5.75 Å². The topological polar surface area (TPSA) is 108 Å². The Balaban J connectivity index is 1.53. The maximum Gasteiger partial charge on any atom is 0.311 e. The highest BCUT2D eigenvalue weighted by molar-refractivity contribution is 7.99. The molecule has 1 N–H and O–H groups in total. The molecule has 3 rings (SSSR count). The number of thiazole rings is 1. The molecule has 9 nitrogen and oxygen atoms in total. The van der Waals surface area contributed by atoms with Crippen molar-refractivity contribution in [1.29, 1.82) is 0 Å². The lowest BCUT2D eigenvalue weighted by atomic mass is 10.3. The summed E-state index contributed by atoms with van der Waals surface area (Å²) in [5.41, 5.74) is 0.550. The number of carbonyl (C=O) groups excluding carboxylic acids is 2. The van der Waals surface area contributed by atoms with Gasteiger partial charge in [-0.25, -0.2) is 4.98 Å². The van der Waals surface area contributed by atoms with Crippen molar-refractivity contribution in [3.05, 3.63) is 45.1 Å². The number of aromatic nitrogens is 4. The Morgan fingerprint density at radius 3 is 2.82 bits per heavy atom. The molecule has 0 bridgehead atoms. The molecular weight excluding hydrogens is 509 g/mol. The van der Waals surface area contributed by atoms with Crippen molar-refractivity contribution in [2.75, 3.05) is 17.7 Å². The summed E-state index contributed by atoms with van der Waals surface area (Å²) in [5, 5.41) is 14.6. The predicted molar refractivity (Wildman–Crippen MR) is 128 cm³/mol. The number of esters is 1. The molecule has 0 saturated heterocycles. The molecule has 0 spiro atoms. The van der Waals surface area contributed by atoms with Gasteiger partial charge in [0.25, 0.3) is 0 Å². The first-order chi connectivity index (χ1) is 15.8. The van der Waals surface area contributed by atoms with E-state index in [-0.39, 0.29) is 24.1 Å². The molecule has 176 valence electrons. The molecule has 13 heteroatoms. The average molecular weight is 530 g/mol. The van der Waals surface area contributed by atoms with Crippen molar-refractivity contribution in [3.63, 3.8) is 0 Å². The first-order valence-corrected chi connectivity index (χ1v) is 12.4. The normalized spacial score (nSPS) is 11.8. The van der Waals surface area contributed by atoms with Crippen LogP contribution in [0.3, 0.4) is 0 Å². The third-order valence-corrected chi connectivity index (χ3v) is 6.55. The third-order valence-electron chi connectivity index (χ3n) is 4.19. The molecule has 2 heterocycles. The largest absolute Gasteiger partial charge is 0.481 e. The van der Waals surface area contributed by atoms with E-state index in [1.54, 1.807) is 42.1 Å². The van der Waals surface area contributed by atoms with Gasteiger partial charge in [-0.15, -0.1) is 21.5 Å². The van der Waals surface area contributed by atoms with E-state index in [1.165, 1.54) is 23.1 Å². The van der Waals surface area contributed by atoms with Crippen LogP contribution in [0.15, 0.2) is 28.7 Å². The van der Waals surface area contributed by atoms with Gasteiger partial charge in [0.1, 0.15) is 5.75 Å². The number of rotatable bonds is 10. The van der Waals surface area contributed by atoms with Crippen LogP contribution < -0.4 is 10.1 Å². The van der Waals surface area contributed by atoms with Gasteiger partial charge < -0.3 is 19.4 Å². The molecule has 0 saturated carbocycles. The lowest BCUT2D eigenvalue weighted by Crippen LogP contribution is -2.15. The lowest BCUT2D eigenvalue weighted by molar-refractivity contribution is -0.142. The third kappa shape index (κ3) is 7.07. The first-order valence-electron chi connectivity index (χ1n) is 9.80. The number of hydrogen-bond donors (Lipinski definition) is 1. The minimum atomic E-state index is -0.433. The Morgan fingerprint density at radius 1 is 1.30 bits per heavy atom. The van der Waals surface area contributed by atoms with E-state index in [0.717, 1.165) is 0 Å². The van der Waals surface area contributed by atoms with Gasteiger partial charge in [-0.3, -0.25) is 9.59 Å². The number of anilines is 1. The Kier molecular flexibility index (Phi) is 8.95. The monoisotopic (exact) mass is 529 g/mol. The first kappa shape index (κ1) is 25.3. The zero-order valence-corrected chi connectivity index (χ0v) is 21.1. The number of amides is 1. The minimum absolute atomic E-state index is 0.0676. The van der Waals surface area contributed by atoms with Crippen LogP contribution in [-0.2, 0) is 27.8 Å². The van der Waals surface area contributed by atoms with E-state index < -0.39 is 6.10 Å². The van der Waals surface area contributed by atoms with Crippen LogP contribution in [-0.4, -0.2) is 44.0 Å². The number of nitrogens with one attached hydrogen (secondary N) is 1. The maximum absolute atomic E-state index is 12.3. The lowest BCUT2D eigenvalue weighted by Gasteiger charge is -2.15. The number of carbonyl (C=O) groups is 2. The van der Waals surface area contributed by atoms with Gasteiger partial charge in [0.2, 0.25) is 5.91 Å². The maximum atomic E-state index is 12.3. The summed E-state index contributed by atoms with van der Waals surface area (Å²) in [5.74, 6) is 0.560. The van der Waals surface area contributed by atoms with Crippen LogP contribution in [0.1, 0.15) is 31.5 Å². The molecule has 0 aliphatic rings. The Hall–Kier alpha value is -2.34. The second-order valence-electron chi connectivity index (χ2n) is 6.70. The van der Waals surface area contributed by atoms with Crippen molar-refractivity contribution >= 4 is 63.3 Å². The Bertz CT molecular complexity index is 1140. The quantitative estimate of drug-likeness (QED) is 0.300. The molecule has 1 atom stereocenters. The van der Waals surface area contributed by atoms with Crippen LogP contribution in [0, 0.1) is 0 Å². The summed E-state index contributed by atoms with van der Waals surface area (Å²) in [4.78, 5) is 28.1. The fourth-order valence-corrected chi connectivity index (χ4v) is 4.61. The second-order valence-corrected chi connectivity index (χ2v) is 9.34. The van der Waals surface area contributed by atoms with Crippen molar-refractivity contribution < 1.29 is 19.1 Å². The van der Waals surface area contributed by atoms with E-state index in [0.29, 0.717) is 44.2 Å². The molecule has 2 aromatic heterocycles. The van der Waals surface area contributed by atoms with Crippen LogP contribution >= 0.6 is 46.3 Å². The molecule has 0 aliphatic carbocycles. The predicted octanol–water partition coefficient (Wildman–Crippen LogP) is 4.55. The molecule has 0 aliphatic heterocycles. The van der Waals surface area contributed by atoms with Crippen molar-refractivity contribution in [2.24, 2.45) is 7.05 Å². The van der Waals surface area contributed by atoms with Crippen molar-refractivity contribution in [1.82, 2.24) is 19.7 Å². The van der Waals surface area contributed by atoms with E-state index in [2.05, 4.69) is 20.5 Å². The summed E-state index contributed by atoms with van der Waals surface area (Å²) in [6, 6.07) is 4.98. The number of nitrogens with zero attached hydrogens (tertiary/aromatic N) is 4. The van der Waals surface area contributed by atoms with Gasteiger partial charge in [0.15, 0.2) is 22.2 Å². The number of thioether (sulfide) groups is 1. The number of ether oxygens (including phenoxy) is 2. The summed E-state index contributed by atoms with van der Waals surface area (Å²) in [6.07, 6.45) is -0.365. The fourth-order valence-electron chi connectivity index (χ4n) is 2.71. The van der Waals surface area contributed by atoms with E-state index in [9.17, 15) is 9.59 Å². The average Bonchev–Trinajstić information content (AvgIpc) is 3.34. The summed E-state index contributed by atoms with van der Waals surface area (Å²) < 4.78 is 12.5. The molecule has 1 unspecified atom stereocenters. The van der Waals surface area contributed by atoms with Gasteiger partial charge >= 0.3 is 5.97 Å². The van der Waals surface area contributed by atoms with E-state index in [4.69, 9.17) is 32.7 Å². The van der Waals surface area contributed by atoms with Crippen molar-refractivity contribution in [2.45, 2.75) is 31.5 Å². The highest BCUT2D eigenvalue weighted by Crippen LogP contribution is 2.31. The molecule has 3 aromatic rings. The van der Waals surface area contributed by atoms with Gasteiger partial charge in [-0.1, -0.05) is 35.0 Å². The number of benzene rings is 1. The summed E-state index contributed by atoms with van der Waals surface area (Å²) >= 11 is 14.6. The Morgan fingerprint density at radius 2 is 2.09 bits per heavy atom. The summed E-state index contributed by atoms with van der Waals surface area (Å²) in [6.45, 7) is 3.88. The molecule has 0 fully saturated rings. The minimum Gasteiger partial charge on any atom is -0.481 e. The van der Waals surface area contributed by atoms with Crippen molar-refractivity contribution in [3.8, 4) is 5.75 Å². The van der Waals surface area contributed by atoms with Gasteiger partial charge in [0.05, 0.1) is 29.5 Å². The molecule has 33 heavy (non-hydrogen) atoms. The smallest absolute Gasteiger partial charge is 0.311 e. The number of halogens is 2. The zero-order chi connectivity index (χ0) is 24.0. The molecule has 1 aromatic carbocycles. The van der Waals surface area contributed by atoms with Crippen LogP contribution in [0.4, 0.5) is 5.13 Å². The summed E-state index contributed by atoms with van der Waals surface area (Å²) in [7, 11) is 1.79. The van der Waals surface area contributed by atoms with Crippen LogP contribution in [0.2, 0.25) is 10.0 Å². The van der Waals surface area contributed by atoms with Gasteiger partial charge in [0, 0.05) is 17.5 Å². The highest BCUT2D eigenvalue weighted by atomic mass is 35.5. The number of hydrogen-bond acceptors (Lipinski definition) is 9. The zero-order valence-electron chi connectivity index (χ0n) is 18.0. The van der Waals surface area contributed by atoms with Gasteiger partial charge in [-0.2, -0.15) is 0 Å². The van der Waals surface area contributed by atoms with Crippen LogP contribution in [0.25, 0.3) is 0 Å². The molecule has 0 radical (unpaired) electrons. The van der Waals surface area contributed by atoms with E-state index >= 15 is 0 Å². The second kappa shape index (κ2) is 11.7. The Labute approximate surface area is 208 Å². The van der Waals surface area contributed by atoms with E-state index in [1.807, 2.05) is 6.92 Å². The molecular formula is C20H21Cl2N5O4S2. The highest BCUT2D eigenvalue weighted by Gasteiger charge is 2.19. The standard InChI is InChI=1S/C20H21Cl2N5O4S2/c1-4-30-17(29)8-13-9-32-19(23-13)24-16(28)10-33-20-26-25-18(27(20)3)11(2)31-15-6-5-12(21)7-14(15)22/h5-7,9,11H,4,8,10H2,1-3H3,(H,23,24,28). The molecule has 1 amide bonds.